The SMILES string of the molecule is CC(N)(CCCCn1ccnc1-c1ccccc1)C(N)=O. The fraction of sp³-hybridized carbons (Fsp3) is 0.375. The number of benzene rings is 1. The number of unbranched alkanes of at least 4 members (excludes halogenated alkanes) is 1. The van der Waals surface area contributed by atoms with E-state index in [1.807, 2.05) is 36.5 Å². The molecule has 0 saturated carbocycles. The Kier molecular flexibility index (Phi) is 4.75. The first-order valence-electron chi connectivity index (χ1n) is 7.16. The Morgan fingerprint density at radius 2 is 2.00 bits per heavy atom. The molecule has 112 valence electrons. The number of hydrogen-bond donors (Lipinski definition) is 2. The zero-order valence-electron chi connectivity index (χ0n) is 12.3. The number of amides is 1. The number of carbonyl (C=O) groups excluding carboxylic acids is 1. The summed E-state index contributed by atoms with van der Waals surface area (Å²) in [5, 5.41) is 0. The highest BCUT2D eigenvalue weighted by atomic mass is 16.1. The number of aryl methyl sites for hydroxylation is 1. The Labute approximate surface area is 125 Å². The summed E-state index contributed by atoms with van der Waals surface area (Å²) in [6.07, 6.45) is 6.15. The van der Waals surface area contributed by atoms with E-state index in [0.717, 1.165) is 30.8 Å². The van der Waals surface area contributed by atoms with Crippen molar-refractivity contribution in [2.24, 2.45) is 11.5 Å². The second-order valence-electron chi connectivity index (χ2n) is 5.55. The molecular weight excluding hydrogens is 264 g/mol. The number of rotatable bonds is 7. The van der Waals surface area contributed by atoms with Crippen molar-refractivity contribution in [2.75, 3.05) is 0 Å². The molecule has 1 amide bonds. The molecule has 1 unspecified atom stereocenters. The van der Waals surface area contributed by atoms with Crippen LogP contribution >= 0.6 is 0 Å². The second kappa shape index (κ2) is 6.54. The summed E-state index contributed by atoms with van der Waals surface area (Å²) in [7, 11) is 0. The van der Waals surface area contributed by atoms with Crippen LogP contribution in [0.15, 0.2) is 42.7 Å². The molecule has 2 rings (SSSR count). The van der Waals surface area contributed by atoms with Crippen molar-refractivity contribution in [3.8, 4) is 11.4 Å². The van der Waals surface area contributed by atoms with Crippen molar-refractivity contribution in [1.29, 1.82) is 0 Å². The normalized spacial score (nSPS) is 13.8. The minimum atomic E-state index is -0.919. The summed E-state index contributed by atoms with van der Waals surface area (Å²) < 4.78 is 2.12. The zero-order chi connectivity index (χ0) is 15.3. The van der Waals surface area contributed by atoms with Gasteiger partial charge in [0, 0.05) is 24.5 Å². The fourth-order valence-electron chi connectivity index (χ4n) is 2.23. The predicted molar refractivity (Wildman–Crippen MR) is 83.3 cm³/mol. The Hall–Kier alpha value is -2.14. The summed E-state index contributed by atoms with van der Waals surface area (Å²) in [6.45, 7) is 2.53. The van der Waals surface area contributed by atoms with E-state index < -0.39 is 11.4 Å². The maximum atomic E-state index is 11.2. The third-order valence-corrected chi connectivity index (χ3v) is 3.66. The lowest BCUT2D eigenvalue weighted by atomic mass is 9.95. The van der Waals surface area contributed by atoms with Crippen LogP contribution in [0.4, 0.5) is 0 Å². The molecule has 5 heteroatoms. The maximum absolute atomic E-state index is 11.2. The molecule has 21 heavy (non-hydrogen) atoms. The van der Waals surface area contributed by atoms with Crippen LogP contribution in [-0.2, 0) is 11.3 Å². The van der Waals surface area contributed by atoms with Crippen molar-refractivity contribution in [2.45, 2.75) is 38.3 Å². The summed E-state index contributed by atoms with van der Waals surface area (Å²) in [6, 6.07) is 10.1. The van der Waals surface area contributed by atoms with E-state index in [-0.39, 0.29) is 0 Å². The molecule has 0 aliphatic carbocycles. The third kappa shape index (κ3) is 3.92. The van der Waals surface area contributed by atoms with Crippen molar-refractivity contribution in [3.63, 3.8) is 0 Å². The van der Waals surface area contributed by atoms with Gasteiger partial charge in [-0.05, 0) is 26.2 Å². The van der Waals surface area contributed by atoms with Crippen LogP contribution in [0.3, 0.4) is 0 Å². The molecule has 1 atom stereocenters. The minimum Gasteiger partial charge on any atom is -0.368 e. The molecule has 0 saturated heterocycles. The zero-order valence-corrected chi connectivity index (χ0v) is 12.3. The number of primary amides is 1. The quantitative estimate of drug-likeness (QED) is 0.762. The molecule has 1 aromatic carbocycles. The summed E-state index contributed by atoms with van der Waals surface area (Å²) in [5.74, 6) is 0.510. The second-order valence-corrected chi connectivity index (χ2v) is 5.55. The first kappa shape index (κ1) is 15.3. The van der Waals surface area contributed by atoms with Gasteiger partial charge >= 0.3 is 0 Å². The van der Waals surface area contributed by atoms with Gasteiger partial charge < -0.3 is 16.0 Å². The summed E-state index contributed by atoms with van der Waals surface area (Å²) in [4.78, 5) is 15.6. The van der Waals surface area contributed by atoms with Gasteiger partial charge in [-0.25, -0.2) is 4.98 Å². The lowest BCUT2D eigenvalue weighted by Gasteiger charge is -2.20. The standard InChI is InChI=1S/C16H22N4O/c1-16(18,15(17)21)9-5-6-11-20-12-10-19-14(20)13-7-3-2-4-8-13/h2-4,7-8,10,12H,5-6,9,11,18H2,1H3,(H2,17,21). The van der Waals surface area contributed by atoms with Crippen molar-refractivity contribution < 1.29 is 4.79 Å². The van der Waals surface area contributed by atoms with Gasteiger partial charge in [0.05, 0.1) is 5.54 Å². The summed E-state index contributed by atoms with van der Waals surface area (Å²) in [5.41, 5.74) is 11.3. The van der Waals surface area contributed by atoms with Crippen LogP contribution in [0.25, 0.3) is 11.4 Å². The number of nitrogens with two attached hydrogens (primary N) is 2. The highest BCUT2D eigenvalue weighted by molar-refractivity contribution is 5.83. The Morgan fingerprint density at radius 3 is 2.67 bits per heavy atom. The molecule has 2 aromatic rings. The first-order chi connectivity index (χ1) is 10.0. The van der Waals surface area contributed by atoms with Crippen molar-refractivity contribution in [1.82, 2.24) is 9.55 Å². The fourth-order valence-corrected chi connectivity index (χ4v) is 2.23. The maximum Gasteiger partial charge on any atom is 0.237 e. The topological polar surface area (TPSA) is 86.9 Å². The largest absolute Gasteiger partial charge is 0.368 e. The van der Waals surface area contributed by atoms with E-state index in [0.29, 0.717) is 6.42 Å². The highest BCUT2D eigenvalue weighted by Crippen LogP contribution is 2.18. The molecule has 0 radical (unpaired) electrons. The van der Waals surface area contributed by atoms with Gasteiger partial charge in [-0.1, -0.05) is 30.3 Å². The Balaban J connectivity index is 1.91. The number of imidazole rings is 1. The Bertz CT molecular complexity index is 589. The molecule has 1 aromatic heterocycles. The molecule has 0 spiro atoms. The highest BCUT2D eigenvalue weighted by Gasteiger charge is 2.24. The van der Waals surface area contributed by atoms with Crippen LogP contribution in [0.5, 0.6) is 0 Å². The summed E-state index contributed by atoms with van der Waals surface area (Å²) >= 11 is 0. The smallest absolute Gasteiger partial charge is 0.237 e. The average molecular weight is 286 g/mol. The van der Waals surface area contributed by atoms with Gasteiger partial charge in [-0.3, -0.25) is 4.79 Å². The van der Waals surface area contributed by atoms with E-state index in [1.165, 1.54) is 0 Å². The molecule has 4 N–H and O–H groups in total. The number of carbonyl (C=O) groups is 1. The minimum absolute atomic E-state index is 0.449. The lowest BCUT2D eigenvalue weighted by molar-refractivity contribution is -0.122. The van der Waals surface area contributed by atoms with Crippen LogP contribution in [0, 0.1) is 0 Å². The van der Waals surface area contributed by atoms with Crippen molar-refractivity contribution >= 4 is 5.91 Å². The monoisotopic (exact) mass is 286 g/mol. The predicted octanol–water partition coefficient (Wildman–Crippen LogP) is 1.92. The molecule has 0 bridgehead atoms. The lowest BCUT2D eigenvalue weighted by Crippen LogP contribution is -2.49. The first-order valence-corrected chi connectivity index (χ1v) is 7.16. The molecule has 5 nitrogen and oxygen atoms in total. The van der Waals surface area contributed by atoms with Crippen LogP contribution < -0.4 is 11.5 Å². The van der Waals surface area contributed by atoms with Crippen LogP contribution in [-0.4, -0.2) is 21.0 Å². The van der Waals surface area contributed by atoms with E-state index in [4.69, 9.17) is 11.5 Å². The number of nitrogens with zero attached hydrogens (tertiary/aromatic N) is 2. The number of hydrogen-bond acceptors (Lipinski definition) is 3. The van der Waals surface area contributed by atoms with Gasteiger partial charge in [0.1, 0.15) is 5.82 Å². The van der Waals surface area contributed by atoms with Gasteiger partial charge in [-0.15, -0.1) is 0 Å². The van der Waals surface area contributed by atoms with Gasteiger partial charge in [0.25, 0.3) is 0 Å². The molecule has 1 heterocycles. The van der Waals surface area contributed by atoms with Crippen molar-refractivity contribution in [3.05, 3.63) is 42.7 Å². The molecule has 0 aliphatic rings. The van der Waals surface area contributed by atoms with Crippen LogP contribution in [0.2, 0.25) is 0 Å². The van der Waals surface area contributed by atoms with E-state index in [1.54, 1.807) is 13.1 Å². The van der Waals surface area contributed by atoms with E-state index >= 15 is 0 Å². The average Bonchev–Trinajstić information content (AvgIpc) is 2.93. The van der Waals surface area contributed by atoms with E-state index in [2.05, 4.69) is 9.55 Å². The van der Waals surface area contributed by atoms with Gasteiger partial charge in [-0.2, -0.15) is 0 Å². The molecule has 0 fully saturated rings. The van der Waals surface area contributed by atoms with Gasteiger partial charge in [0.15, 0.2) is 0 Å². The Morgan fingerprint density at radius 1 is 1.29 bits per heavy atom. The molecular formula is C16H22N4O. The van der Waals surface area contributed by atoms with Gasteiger partial charge in [0.2, 0.25) is 5.91 Å². The molecule has 0 aliphatic heterocycles. The van der Waals surface area contributed by atoms with Crippen LogP contribution in [0.1, 0.15) is 26.2 Å². The number of aromatic nitrogens is 2. The third-order valence-electron chi connectivity index (χ3n) is 3.66. The van der Waals surface area contributed by atoms with E-state index in [9.17, 15) is 4.79 Å².